The average molecular weight is 288 g/mol. The van der Waals surface area contributed by atoms with Gasteiger partial charge < -0.3 is 15.2 Å². The van der Waals surface area contributed by atoms with Gasteiger partial charge in [0.1, 0.15) is 0 Å². The first-order chi connectivity index (χ1) is 7.63. The molecule has 0 saturated heterocycles. The predicted molar refractivity (Wildman–Crippen MR) is 63.9 cm³/mol. The minimum atomic E-state index is -1.11. The van der Waals surface area contributed by atoms with Gasteiger partial charge in [-0.3, -0.25) is 0 Å². The summed E-state index contributed by atoms with van der Waals surface area (Å²) in [5, 5.41) is 12.3. The quantitative estimate of drug-likeness (QED) is 0.796. The van der Waals surface area contributed by atoms with Crippen LogP contribution in [0.15, 0.2) is 28.7 Å². The van der Waals surface area contributed by atoms with Gasteiger partial charge in [-0.15, -0.1) is 0 Å². The van der Waals surface area contributed by atoms with Gasteiger partial charge in [0.05, 0.1) is 7.11 Å². The first-order valence-corrected chi connectivity index (χ1v) is 5.64. The molecule has 0 spiro atoms. The molecule has 0 aliphatic rings. The molecule has 0 bridgehead atoms. The molecule has 5 heteroatoms. The Kier molecular flexibility index (Phi) is 5.45. The van der Waals surface area contributed by atoms with Gasteiger partial charge in [-0.1, -0.05) is 28.1 Å². The molecule has 0 aliphatic carbocycles. The van der Waals surface area contributed by atoms with Crippen molar-refractivity contribution >= 4 is 21.9 Å². The molecule has 0 amide bonds. The zero-order valence-corrected chi connectivity index (χ0v) is 10.5. The Labute approximate surface area is 103 Å². The number of aliphatic hydroxyl groups is 1. The van der Waals surface area contributed by atoms with Crippen LogP contribution in [0.4, 0.5) is 0 Å². The second-order valence-electron chi connectivity index (χ2n) is 3.30. The number of esters is 1. The topological polar surface area (TPSA) is 58.6 Å². The highest BCUT2D eigenvalue weighted by molar-refractivity contribution is 9.10. The molecule has 16 heavy (non-hydrogen) atoms. The molecule has 0 saturated carbocycles. The largest absolute Gasteiger partial charge is 0.467 e. The molecular formula is C11H14BrNO3. The van der Waals surface area contributed by atoms with Crippen molar-refractivity contribution in [3.8, 4) is 0 Å². The Morgan fingerprint density at radius 2 is 2.12 bits per heavy atom. The van der Waals surface area contributed by atoms with Crippen LogP contribution in [0.3, 0.4) is 0 Å². The van der Waals surface area contributed by atoms with Crippen LogP contribution in [0.2, 0.25) is 0 Å². The van der Waals surface area contributed by atoms with Gasteiger partial charge in [0.15, 0.2) is 6.10 Å². The number of hydrogen-bond acceptors (Lipinski definition) is 4. The Balaban J connectivity index is 2.30. The number of rotatable bonds is 5. The van der Waals surface area contributed by atoms with Crippen molar-refractivity contribution in [1.82, 2.24) is 5.32 Å². The van der Waals surface area contributed by atoms with Crippen LogP contribution in [0.1, 0.15) is 5.56 Å². The molecule has 0 heterocycles. The van der Waals surface area contributed by atoms with Gasteiger partial charge in [0, 0.05) is 17.6 Å². The first-order valence-electron chi connectivity index (χ1n) is 4.84. The summed E-state index contributed by atoms with van der Waals surface area (Å²) >= 11 is 3.34. The second-order valence-corrected chi connectivity index (χ2v) is 4.21. The van der Waals surface area contributed by atoms with Crippen LogP contribution in [0.5, 0.6) is 0 Å². The smallest absolute Gasteiger partial charge is 0.336 e. The fraction of sp³-hybridized carbons (Fsp3) is 0.364. The van der Waals surface area contributed by atoms with Crippen molar-refractivity contribution in [2.75, 3.05) is 13.7 Å². The van der Waals surface area contributed by atoms with E-state index in [1.807, 2.05) is 24.3 Å². The standard InChI is InChI=1S/C11H14BrNO3/c1-16-11(15)10(14)7-13-6-8-2-4-9(12)5-3-8/h2-5,10,13-14H,6-7H2,1H3/t10-/m1/s1. The molecular weight excluding hydrogens is 274 g/mol. The summed E-state index contributed by atoms with van der Waals surface area (Å²) in [6.07, 6.45) is -1.11. The van der Waals surface area contributed by atoms with E-state index in [1.54, 1.807) is 0 Å². The van der Waals surface area contributed by atoms with E-state index in [1.165, 1.54) is 7.11 Å². The number of nitrogens with one attached hydrogen (secondary N) is 1. The highest BCUT2D eigenvalue weighted by Gasteiger charge is 2.13. The molecule has 0 unspecified atom stereocenters. The van der Waals surface area contributed by atoms with Crippen molar-refractivity contribution in [3.05, 3.63) is 34.3 Å². The number of benzene rings is 1. The van der Waals surface area contributed by atoms with Gasteiger partial charge >= 0.3 is 5.97 Å². The fourth-order valence-corrected chi connectivity index (χ4v) is 1.44. The monoisotopic (exact) mass is 287 g/mol. The number of methoxy groups -OCH3 is 1. The molecule has 1 rings (SSSR count). The molecule has 1 atom stereocenters. The number of aliphatic hydroxyl groups excluding tert-OH is 1. The lowest BCUT2D eigenvalue weighted by Crippen LogP contribution is -2.33. The summed E-state index contributed by atoms with van der Waals surface area (Å²) in [6, 6.07) is 7.80. The molecule has 4 nitrogen and oxygen atoms in total. The molecule has 2 N–H and O–H groups in total. The lowest BCUT2D eigenvalue weighted by molar-refractivity contribution is -0.150. The van der Waals surface area contributed by atoms with Crippen LogP contribution in [0, 0.1) is 0 Å². The Morgan fingerprint density at radius 3 is 2.69 bits per heavy atom. The number of hydrogen-bond donors (Lipinski definition) is 2. The highest BCUT2D eigenvalue weighted by atomic mass is 79.9. The summed E-state index contributed by atoms with van der Waals surface area (Å²) in [5.74, 6) is -0.622. The lowest BCUT2D eigenvalue weighted by Gasteiger charge is -2.09. The Hall–Kier alpha value is -0.910. The van der Waals surface area contributed by atoms with E-state index in [0.29, 0.717) is 6.54 Å². The Morgan fingerprint density at radius 1 is 1.50 bits per heavy atom. The van der Waals surface area contributed by atoms with E-state index >= 15 is 0 Å². The normalized spacial score (nSPS) is 12.2. The van der Waals surface area contributed by atoms with Crippen LogP contribution < -0.4 is 5.32 Å². The minimum Gasteiger partial charge on any atom is -0.467 e. The maximum atomic E-state index is 10.9. The van der Waals surface area contributed by atoms with E-state index in [4.69, 9.17) is 0 Å². The zero-order valence-electron chi connectivity index (χ0n) is 8.94. The van der Waals surface area contributed by atoms with Gasteiger partial charge in [0.25, 0.3) is 0 Å². The molecule has 0 radical (unpaired) electrons. The van der Waals surface area contributed by atoms with Crippen LogP contribution in [-0.4, -0.2) is 30.8 Å². The fourth-order valence-electron chi connectivity index (χ4n) is 1.17. The van der Waals surface area contributed by atoms with Gasteiger partial charge in [0.2, 0.25) is 0 Å². The summed E-state index contributed by atoms with van der Waals surface area (Å²) in [6.45, 7) is 0.782. The minimum absolute atomic E-state index is 0.183. The maximum absolute atomic E-state index is 10.9. The summed E-state index contributed by atoms with van der Waals surface area (Å²) in [5.41, 5.74) is 1.08. The van der Waals surface area contributed by atoms with E-state index in [9.17, 15) is 9.90 Å². The molecule has 1 aromatic rings. The van der Waals surface area contributed by atoms with Crippen LogP contribution in [0.25, 0.3) is 0 Å². The first kappa shape index (κ1) is 13.2. The second kappa shape index (κ2) is 6.62. The van der Waals surface area contributed by atoms with Crippen LogP contribution >= 0.6 is 15.9 Å². The van der Waals surface area contributed by atoms with Gasteiger partial charge in [-0.25, -0.2) is 4.79 Å². The van der Waals surface area contributed by atoms with Crippen molar-refractivity contribution < 1.29 is 14.6 Å². The van der Waals surface area contributed by atoms with Crippen molar-refractivity contribution in [2.45, 2.75) is 12.6 Å². The van der Waals surface area contributed by atoms with E-state index in [0.717, 1.165) is 10.0 Å². The van der Waals surface area contributed by atoms with E-state index in [-0.39, 0.29) is 6.54 Å². The van der Waals surface area contributed by atoms with Crippen molar-refractivity contribution in [1.29, 1.82) is 0 Å². The predicted octanol–water partition coefficient (Wildman–Crippen LogP) is 1.07. The van der Waals surface area contributed by atoms with Crippen molar-refractivity contribution in [2.24, 2.45) is 0 Å². The number of carbonyl (C=O) groups is 1. The van der Waals surface area contributed by atoms with Crippen LogP contribution in [-0.2, 0) is 16.1 Å². The molecule has 0 aliphatic heterocycles. The zero-order chi connectivity index (χ0) is 12.0. The number of ether oxygens (including phenoxy) is 1. The lowest BCUT2D eigenvalue weighted by atomic mass is 10.2. The number of halogens is 1. The van der Waals surface area contributed by atoms with E-state index < -0.39 is 12.1 Å². The Bertz CT molecular complexity index is 340. The molecule has 1 aromatic carbocycles. The third-order valence-corrected chi connectivity index (χ3v) is 2.58. The molecule has 0 fully saturated rings. The van der Waals surface area contributed by atoms with Gasteiger partial charge in [-0.2, -0.15) is 0 Å². The summed E-state index contributed by atoms with van der Waals surface area (Å²) < 4.78 is 5.41. The maximum Gasteiger partial charge on any atom is 0.336 e. The number of carbonyl (C=O) groups excluding carboxylic acids is 1. The van der Waals surface area contributed by atoms with E-state index in [2.05, 4.69) is 26.0 Å². The average Bonchev–Trinajstić information content (AvgIpc) is 2.30. The third-order valence-electron chi connectivity index (χ3n) is 2.05. The summed E-state index contributed by atoms with van der Waals surface area (Å²) in [7, 11) is 1.25. The van der Waals surface area contributed by atoms with Gasteiger partial charge in [-0.05, 0) is 17.7 Å². The third kappa shape index (κ3) is 4.30. The summed E-state index contributed by atoms with van der Waals surface area (Å²) in [4.78, 5) is 10.9. The SMILES string of the molecule is COC(=O)[C@H](O)CNCc1ccc(Br)cc1. The highest BCUT2D eigenvalue weighted by Crippen LogP contribution is 2.10. The molecule has 88 valence electrons. The molecule has 0 aromatic heterocycles. The van der Waals surface area contributed by atoms with Crippen molar-refractivity contribution in [3.63, 3.8) is 0 Å².